The fourth-order valence-electron chi connectivity index (χ4n) is 3.86. The lowest BCUT2D eigenvalue weighted by Gasteiger charge is -2.14. The second kappa shape index (κ2) is 7.01. The second-order valence-corrected chi connectivity index (χ2v) is 6.96. The van der Waals surface area contributed by atoms with Crippen LogP contribution in [0, 0.1) is 15.9 Å². The molecule has 0 amide bonds. The van der Waals surface area contributed by atoms with Gasteiger partial charge < -0.3 is 10.2 Å². The predicted molar refractivity (Wildman–Crippen MR) is 104 cm³/mol. The van der Waals surface area contributed by atoms with Gasteiger partial charge >= 0.3 is 5.69 Å². The summed E-state index contributed by atoms with van der Waals surface area (Å²) in [7, 11) is 0. The standard InChI is InChI=1S/C22H16FNO5/c23-14-10-17(22(27)19(11-14)24(28)29)13-6-8-20(25)18(9-13)21(26)16-7-5-12-3-1-2-4-15(12)16/h1-4,6,8-11,16,25,27H,5,7H2. The number of Topliss-reactive ketones (excluding diaryl/α,β-unsaturated/α-hetero) is 1. The Bertz CT molecular complexity index is 1160. The molecule has 29 heavy (non-hydrogen) atoms. The van der Waals surface area contributed by atoms with Crippen molar-refractivity contribution >= 4 is 11.5 Å². The maximum atomic E-state index is 13.9. The van der Waals surface area contributed by atoms with Crippen molar-refractivity contribution in [3.63, 3.8) is 0 Å². The van der Waals surface area contributed by atoms with E-state index in [1.165, 1.54) is 18.2 Å². The molecule has 1 aliphatic carbocycles. The zero-order valence-electron chi connectivity index (χ0n) is 15.1. The molecule has 7 heteroatoms. The van der Waals surface area contributed by atoms with Gasteiger partial charge in [0.15, 0.2) is 5.78 Å². The van der Waals surface area contributed by atoms with E-state index in [4.69, 9.17) is 0 Å². The van der Waals surface area contributed by atoms with Crippen molar-refractivity contribution in [1.82, 2.24) is 0 Å². The molecule has 0 bridgehead atoms. The number of ketones is 1. The zero-order chi connectivity index (χ0) is 20.7. The first kappa shape index (κ1) is 18.6. The van der Waals surface area contributed by atoms with Crippen LogP contribution in [-0.4, -0.2) is 20.9 Å². The zero-order valence-corrected chi connectivity index (χ0v) is 15.1. The molecule has 1 atom stereocenters. The van der Waals surface area contributed by atoms with E-state index in [1.807, 2.05) is 24.3 Å². The summed E-state index contributed by atoms with van der Waals surface area (Å²) in [5.74, 6) is -2.54. The van der Waals surface area contributed by atoms with E-state index in [9.17, 15) is 29.5 Å². The van der Waals surface area contributed by atoms with E-state index < -0.39 is 28.1 Å². The summed E-state index contributed by atoms with van der Waals surface area (Å²) in [6.45, 7) is 0. The Morgan fingerprint density at radius 1 is 1.10 bits per heavy atom. The van der Waals surface area contributed by atoms with Gasteiger partial charge in [-0.3, -0.25) is 14.9 Å². The second-order valence-electron chi connectivity index (χ2n) is 6.96. The van der Waals surface area contributed by atoms with Crippen LogP contribution < -0.4 is 0 Å². The van der Waals surface area contributed by atoms with Gasteiger partial charge in [-0.1, -0.05) is 30.3 Å². The first-order valence-electron chi connectivity index (χ1n) is 8.99. The fourth-order valence-corrected chi connectivity index (χ4v) is 3.86. The summed E-state index contributed by atoms with van der Waals surface area (Å²) in [5, 5.41) is 31.5. The average Bonchev–Trinajstić information content (AvgIpc) is 3.13. The third-order valence-electron chi connectivity index (χ3n) is 5.27. The Labute approximate surface area is 165 Å². The first-order valence-corrected chi connectivity index (χ1v) is 8.99. The molecule has 0 saturated carbocycles. The molecule has 1 unspecified atom stereocenters. The maximum absolute atomic E-state index is 13.9. The third kappa shape index (κ3) is 3.20. The topological polar surface area (TPSA) is 101 Å². The molecular formula is C22H16FNO5. The molecule has 0 saturated heterocycles. The van der Waals surface area contributed by atoms with Crippen LogP contribution in [0.4, 0.5) is 10.1 Å². The van der Waals surface area contributed by atoms with Crippen LogP contribution in [0.5, 0.6) is 11.5 Å². The van der Waals surface area contributed by atoms with Gasteiger partial charge in [-0.25, -0.2) is 4.39 Å². The van der Waals surface area contributed by atoms with E-state index in [0.717, 1.165) is 23.6 Å². The highest BCUT2D eigenvalue weighted by atomic mass is 19.1. The molecule has 0 spiro atoms. The first-order chi connectivity index (χ1) is 13.9. The van der Waals surface area contributed by atoms with Crippen molar-refractivity contribution in [1.29, 1.82) is 0 Å². The summed E-state index contributed by atoms with van der Waals surface area (Å²) in [4.78, 5) is 23.3. The number of benzene rings is 3. The number of nitrogens with zero attached hydrogens (tertiary/aromatic N) is 1. The number of carbonyl (C=O) groups is 1. The Morgan fingerprint density at radius 2 is 1.86 bits per heavy atom. The van der Waals surface area contributed by atoms with E-state index in [-0.39, 0.29) is 28.2 Å². The van der Waals surface area contributed by atoms with Gasteiger partial charge in [0, 0.05) is 11.5 Å². The normalized spacial score (nSPS) is 15.1. The van der Waals surface area contributed by atoms with E-state index in [1.54, 1.807) is 0 Å². The lowest BCUT2D eigenvalue weighted by Crippen LogP contribution is -2.10. The highest BCUT2D eigenvalue weighted by Gasteiger charge is 2.31. The third-order valence-corrected chi connectivity index (χ3v) is 5.27. The number of carbonyl (C=O) groups excluding carboxylic acids is 1. The van der Waals surface area contributed by atoms with Crippen molar-refractivity contribution in [2.45, 2.75) is 18.8 Å². The Morgan fingerprint density at radius 3 is 2.62 bits per heavy atom. The number of fused-ring (bicyclic) bond motifs is 1. The molecule has 0 heterocycles. The van der Waals surface area contributed by atoms with Gasteiger partial charge in [-0.15, -0.1) is 0 Å². The summed E-state index contributed by atoms with van der Waals surface area (Å²) in [6.07, 6.45) is 1.36. The molecule has 6 nitrogen and oxygen atoms in total. The minimum absolute atomic E-state index is 0.0236. The molecule has 0 aliphatic heterocycles. The van der Waals surface area contributed by atoms with Crippen molar-refractivity contribution in [3.05, 3.63) is 87.2 Å². The van der Waals surface area contributed by atoms with Gasteiger partial charge in [0.1, 0.15) is 11.6 Å². The van der Waals surface area contributed by atoms with Crippen molar-refractivity contribution in [3.8, 4) is 22.6 Å². The maximum Gasteiger partial charge on any atom is 0.314 e. The molecule has 0 fully saturated rings. The van der Waals surface area contributed by atoms with Crippen molar-refractivity contribution in [2.75, 3.05) is 0 Å². The van der Waals surface area contributed by atoms with Gasteiger partial charge in [-0.2, -0.15) is 0 Å². The van der Waals surface area contributed by atoms with Crippen LogP contribution in [0.15, 0.2) is 54.6 Å². The SMILES string of the molecule is O=C(c1cc(-c2cc(F)cc([N+](=O)[O-])c2O)ccc1O)C1CCc2ccccc21. The van der Waals surface area contributed by atoms with Gasteiger partial charge in [0.2, 0.25) is 5.75 Å². The molecular weight excluding hydrogens is 377 g/mol. The molecule has 1 aliphatic rings. The molecule has 146 valence electrons. The van der Waals surface area contributed by atoms with Crippen LogP contribution >= 0.6 is 0 Å². The van der Waals surface area contributed by atoms with E-state index in [2.05, 4.69) is 0 Å². The predicted octanol–water partition coefficient (Wildman–Crippen LogP) is 4.72. The molecule has 3 aromatic carbocycles. The lowest BCUT2D eigenvalue weighted by atomic mass is 9.90. The number of phenols is 2. The Kier molecular flexibility index (Phi) is 4.50. The number of aryl methyl sites for hydroxylation is 1. The van der Waals surface area contributed by atoms with Crippen LogP contribution in [0.25, 0.3) is 11.1 Å². The van der Waals surface area contributed by atoms with E-state index in [0.29, 0.717) is 12.5 Å². The van der Waals surface area contributed by atoms with Gasteiger partial charge in [0.05, 0.1) is 16.6 Å². The van der Waals surface area contributed by atoms with Crippen LogP contribution in [0.2, 0.25) is 0 Å². The number of aromatic hydroxyl groups is 2. The number of hydrogen-bond acceptors (Lipinski definition) is 5. The molecule has 3 aromatic rings. The number of hydrogen-bond donors (Lipinski definition) is 2. The highest BCUT2D eigenvalue weighted by Crippen LogP contribution is 2.41. The number of phenolic OH excluding ortho intramolecular Hbond substituents is 2. The minimum atomic E-state index is -0.893. The molecule has 0 radical (unpaired) electrons. The fraction of sp³-hybridized carbons (Fsp3) is 0.136. The van der Waals surface area contributed by atoms with Crippen LogP contribution in [-0.2, 0) is 6.42 Å². The number of halogens is 1. The average molecular weight is 393 g/mol. The minimum Gasteiger partial charge on any atom is -0.507 e. The quantitative estimate of drug-likeness (QED) is 0.379. The molecule has 4 rings (SSSR count). The number of nitro groups is 1. The molecule has 2 N–H and O–H groups in total. The Balaban J connectivity index is 1.79. The van der Waals surface area contributed by atoms with Crippen LogP contribution in [0.1, 0.15) is 33.8 Å². The van der Waals surface area contributed by atoms with Gasteiger partial charge in [0.25, 0.3) is 0 Å². The largest absolute Gasteiger partial charge is 0.507 e. The summed E-state index contributed by atoms with van der Waals surface area (Å²) in [6, 6.07) is 13.1. The number of nitro benzene ring substituents is 1. The monoisotopic (exact) mass is 393 g/mol. The van der Waals surface area contributed by atoms with Crippen molar-refractivity contribution in [2.24, 2.45) is 0 Å². The van der Waals surface area contributed by atoms with Crippen LogP contribution in [0.3, 0.4) is 0 Å². The number of rotatable bonds is 4. The smallest absolute Gasteiger partial charge is 0.314 e. The lowest BCUT2D eigenvalue weighted by molar-refractivity contribution is -0.386. The highest BCUT2D eigenvalue weighted by molar-refractivity contribution is 6.04. The van der Waals surface area contributed by atoms with Crippen molar-refractivity contribution < 1.29 is 24.3 Å². The summed E-state index contributed by atoms with van der Waals surface area (Å²) >= 11 is 0. The Hall–Kier alpha value is -3.74. The summed E-state index contributed by atoms with van der Waals surface area (Å²) < 4.78 is 13.9. The molecule has 0 aromatic heterocycles. The summed E-state index contributed by atoms with van der Waals surface area (Å²) in [5.41, 5.74) is 1.31. The van der Waals surface area contributed by atoms with Gasteiger partial charge in [-0.05, 0) is 47.7 Å². The van der Waals surface area contributed by atoms with E-state index >= 15 is 0 Å².